The van der Waals surface area contributed by atoms with E-state index in [0.717, 1.165) is 33.1 Å². The molecule has 2 heterocycles. The highest BCUT2D eigenvalue weighted by Gasteiger charge is 2.19. The molecule has 0 aliphatic rings. The third-order valence-electron chi connectivity index (χ3n) is 6.07. The van der Waals surface area contributed by atoms with E-state index in [0.29, 0.717) is 17.6 Å². The molecule has 0 unspecified atom stereocenters. The second kappa shape index (κ2) is 8.79. The first-order chi connectivity index (χ1) is 16.1. The number of aryl methyl sites for hydroxylation is 2. The molecular formula is C27H25N3O2S. The fraction of sp³-hybridized carbons (Fsp3) is 0.185. The Morgan fingerprint density at radius 3 is 2.52 bits per heavy atom. The van der Waals surface area contributed by atoms with Crippen LogP contribution in [0.4, 0.5) is 0 Å². The van der Waals surface area contributed by atoms with Crippen LogP contribution in [0.3, 0.4) is 0 Å². The molecule has 0 amide bonds. The van der Waals surface area contributed by atoms with Crippen molar-refractivity contribution in [1.82, 2.24) is 14.1 Å². The van der Waals surface area contributed by atoms with Crippen LogP contribution in [0.1, 0.15) is 16.7 Å². The number of nitrogens with zero attached hydrogens (tertiary/aromatic N) is 3. The van der Waals surface area contributed by atoms with E-state index in [9.17, 15) is 4.79 Å². The number of ether oxygens (including phenoxy) is 1. The summed E-state index contributed by atoms with van der Waals surface area (Å²) in [6, 6.07) is 24.2. The van der Waals surface area contributed by atoms with E-state index >= 15 is 0 Å². The Morgan fingerprint density at radius 1 is 1.00 bits per heavy atom. The Labute approximate surface area is 196 Å². The van der Waals surface area contributed by atoms with Gasteiger partial charge in [-0.2, -0.15) is 0 Å². The summed E-state index contributed by atoms with van der Waals surface area (Å²) in [7, 11) is 3.57. The monoisotopic (exact) mass is 455 g/mol. The largest absolute Gasteiger partial charge is 0.497 e. The van der Waals surface area contributed by atoms with Gasteiger partial charge in [-0.1, -0.05) is 66.4 Å². The lowest BCUT2D eigenvalue weighted by Crippen LogP contribution is -2.25. The SMILES string of the molecule is COc1ccc2c(c1)c1nc(SCc3ccccc3C)n(Cc3ccccc3)c(=O)c1n2C. The summed E-state index contributed by atoms with van der Waals surface area (Å²) in [5.74, 6) is 1.49. The summed E-state index contributed by atoms with van der Waals surface area (Å²) < 4.78 is 9.18. The van der Waals surface area contributed by atoms with Crippen LogP contribution in [-0.2, 0) is 19.3 Å². The molecule has 0 saturated carbocycles. The molecule has 5 rings (SSSR count). The first-order valence-corrected chi connectivity index (χ1v) is 11.8. The van der Waals surface area contributed by atoms with E-state index in [2.05, 4.69) is 19.1 Å². The molecule has 0 atom stereocenters. The van der Waals surface area contributed by atoms with Crippen molar-refractivity contribution in [3.8, 4) is 5.75 Å². The quantitative estimate of drug-likeness (QED) is 0.249. The van der Waals surface area contributed by atoms with Gasteiger partial charge in [-0.05, 0) is 41.8 Å². The van der Waals surface area contributed by atoms with Gasteiger partial charge in [0, 0.05) is 18.2 Å². The Bertz CT molecular complexity index is 1520. The first-order valence-electron chi connectivity index (χ1n) is 10.8. The molecule has 33 heavy (non-hydrogen) atoms. The lowest BCUT2D eigenvalue weighted by atomic mass is 10.1. The molecule has 3 aromatic carbocycles. The van der Waals surface area contributed by atoms with Crippen LogP contribution in [0, 0.1) is 6.92 Å². The van der Waals surface area contributed by atoms with Gasteiger partial charge in [0.05, 0.1) is 19.2 Å². The number of thioether (sulfide) groups is 1. The number of methoxy groups -OCH3 is 1. The van der Waals surface area contributed by atoms with E-state index in [1.807, 2.05) is 72.3 Å². The van der Waals surface area contributed by atoms with Gasteiger partial charge in [0.2, 0.25) is 0 Å². The number of hydrogen-bond acceptors (Lipinski definition) is 4. The standard InChI is InChI=1S/C27H25N3O2S/c1-18-9-7-8-12-20(18)17-33-27-28-24-22-15-21(32-3)13-14-23(22)29(2)25(24)26(31)30(27)16-19-10-5-4-6-11-19/h4-15H,16-17H2,1-3H3. The van der Waals surface area contributed by atoms with Crippen molar-refractivity contribution in [3.63, 3.8) is 0 Å². The molecule has 0 aliphatic heterocycles. The molecule has 6 heteroatoms. The lowest BCUT2D eigenvalue weighted by Gasteiger charge is -2.13. The molecule has 2 aromatic heterocycles. The van der Waals surface area contributed by atoms with Crippen molar-refractivity contribution >= 4 is 33.7 Å². The Hall–Kier alpha value is -3.51. The van der Waals surface area contributed by atoms with Gasteiger partial charge in [-0.15, -0.1) is 0 Å². The minimum atomic E-state index is -0.0335. The molecule has 0 spiro atoms. The molecule has 0 fully saturated rings. The fourth-order valence-corrected chi connectivity index (χ4v) is 5.26. The summed E-state index contributed by atoms with van der Waals surface area (Å²) in [5.41, 5.74) is 5.79. The number of benzene rings is 3. The van der Waals surface area contributed by atoms with Gasteiger partial charge in [0.15, 0.2) is 5.16 Å². The third-order valence-corrected chi connectivity index (χ3v) is 7.09. The van der Waals surface area contributed by atoms with Gasteiger partial charge in [-0.3, -0.25) is 9.36 Å². The summed E-state index contributed by atoms with van der Waals surface area (Å²) >= 11 is 1.60. The number of fused-ring (bicyclic) bond motifs is 3. The van der Waals surface area contributed by atoms with E-state index < -0.39 is 0 Å². The second-order valence-electron chi connectivity index (χ2n) is 8.13. The maximum Gasteiger partial charge on any atom is 0.279 e. The fourth-order valence-electron chi connectivity index (χ4n) is 4.19. The molecule has 0 radical (unpaired) electrons. The topological polar surface area (TPSA) is 49.1 Å². The zero-order valence-electron chi connectivity index (χ0n) is 18.9. The van der Waals surface area contributed by atoms with E-state index in [4.69, 9.17) is 9.72 Å². The highest BCUT2D eigenvalue weighted by atomic mass is 32.2. The summed E-state index contributed by atoms with van der Waals surface area (Å²) in [4.78, 5) is 18.9. The average Bonchev–Trinajstić information content (AvgIpc) is 3.12. The molecule has 0 aliphatic carbocycles. The van der Waals surface area contributed by atoms with Gasteiger partial charge in [0.1, 0.15) is 16.8 Å². The van der Waals surface area contributed by atoms with E-state index in [-0.39, 0.29) is 5.56 Å². The maximum absolute atomic E-state index is 13.8. The smallest absolute Gasteiger partial charge is 0.279 e. The molecule has 0 N–H and O–H groups in total. The summed E-state index contributed by atoms with van der Waals surface area (Å²) in [5, 5.41) is 1.64. The zero-order valence-corrected chi connectivity index (χ0v) is 19.7. The highest BCUT2D eigenvalue weighted by Crippen LogP contribution is 2.31. The third kappa shape index (κ3) is 3.91. The van der Waals surface area contributed by atoms with Gasteiger partial charge >= 0.3 is 0 Å². The van der Waals surface area contributed by atoms with Crippen LogP contribution in [0.25, 0.3) is 21.9 Å². The van der Waals surface area contributed by atoms with Crippen molar-refractivity contribution < 1.29 is 4.74 Å². The number of aromatic nitrogens is 3. The van der Waals surface area contributed by atoms with Crippen LogP contribution in [0.2, 0.25) is 0 Å². The average molecular weight is 456 g/mol. The normalized spacial score (nSPS) is 11.4. The van der Waals surface area contributed by atoms with Crippen molar-refractivity contribution in [1.29, 1.82) is 0 Å². The molecule has 166 valence electrons. The second-order valence-corrected chi connectivity index (χ2v) is 9.07. The van der Waals surface area contributed by atoms with Gasteiger partial charge < -0.3 is 9.30 Å². The Kier molecular flexibility index (Phi) is 5.68. The number of hydrogen-bond donors (Lipinski definition) is 0. The lowest BCUT2D eigenvalue weighted by molar-refractivity contribution is 0.415. The van der Waals surface area contributed by atoms with Gasteiger partial charge in [-0.25, -0.2) is 4.98 Å². The van der Waals surface area contributed by atoms with Crippen molar-refractivity contribution in [2.75, 3.05) is 7.11 Å². The Morgan fingerprint density at radius 2 is 1.76 bits per heavy atom. The van der Waals surface area contributed by atoms with Gasteiger partial charge in [0.25, 0.3) is 5.56 Å². The highest BCUT2D eigenvalue weighted by molar-refractivity contribution is 7.98. The van der Waals surface area contributed by atoms with E-state index in [1.165, 1.54) is 11.1 Å². The predicted molar refractivity (Wildman–Crippen MR) is 135 cm³/mol. The first kappa shape index (κ1) is 21.3. The van der Waals surface area contributed by atoms with Crippen LogP contribution >= 0.6 is 11.8 Å². The molecule has 5 nitrogen and oxygen atoms in total. The van der Waals surface area contributed by atoms with Crippen LogP contribution in [-0.4, -0.2) is 21.2 Å². The van der Waals surface area contributed by atoms with Crippen LogP contribution < -0.4 is 10.3 Å². The van der Waals surface area contributed by atoms with Crippen molar-refractivity contribution in [2.24, 2.45) is 7.05 Å². The minimum Gasteiger partial charge on any atom is -0.497 e. The van der Waals surface area contributed by atoms with Crippen LogP contribution in [0.15, 0.2) is 82.7 Å². The molecule has 5 aromatic rings. The van der Waals surface area contributed by atoms with Crippen molar-refractivity contribution in [2.45, 2.75) is 24.4 Å². The molecular weight excluding hydrogens is 430 g/mol. The zero-order chi connectivity index (χ0) is 22.9. The maximum atomic E-state index is 13.8. The molecule has 0 saturated heterocycles. The predicted octanol–water partition coefficient (Wildman–Crippen LogP) is 5.55. The van der Waals surface area contributed by atoms with E-state index in [1.54, 1.807) is 23.4 Å². The van der Waals surface area contributed by atoms with Crippen LogP contribution in [0.5, 0.6) is 5.75 Å². The summed E-state index contributed by atoms with van der Waals surface area (Å²) in [6.45, 7) is 2.59. The Balaban J connectivity index is 1.70. The minimum absolute atomic E-state index is 0.0335. The summed E-state index contributed by atoms with van der Waals surface area (Å²) in [6.07, 6.45) is 0. The molecule has 0 bridgehead atoms. The van der Waals surface area contributed by atoms with Crippen molar-refractivity contribution in [3.05, 3.63) is 99.8 Å². The number of rotatable bonds is 6.